The summed E-state index contributed by atoms with van der Waals surface area (Å²) >= 11 is 0. The topological polar surface area (TPSA) is 0 Å². The van der Waals surface area contributed by atoms with Gasteiger partial charge < -0.3 is 0 Å². The third-order valence-electron chi connectivity index (χ3n) is 5.09. The van der Waals surface area contributed by atoms with E-state index >= 15 is 0 Å². The van der Waals surface area contributed by atoms with Gasteiger partial charge in [0.1, 0.15) is 0 Å². The summed E-state index contributed by atoms with van der Waals surface area (Å²) in [6.45, 7) is 6.65. The van der Waals surface area contributed by atoms with Crippen LogP contribution < -0.4 is 0 Å². The summed E-state index contributed by atoms with van der Waals surface area (Å²) in [6, 6.07) is 0. The highest BCUT2D eigenvalue weighted by molar-refractivity contribution is 5.02. The van der Waals surface area contributed by atoms with Crippen LogP contribution in [0.2, 0.25) is 0 Å². The summed E-state index contributed by atoms with van der Waals surface area (Å²) in [5.74, 6) is 5.86. The third-order valence-corrected chi connectivity index (χ3v) is 5.09. The monoisotopic (exact) mass is 208 g/mol. The Hall–Kier alpha value is 0. The van der Waals surface area contributed by atoms with Crippen molar-refractivity contribution in [3.63, 3.8) is 0 Å². The number of hydrogen-bond acceptors (Lipinski definition) is 0. The molecule has 0 radical (unpaired) electrons. The number of fused-ring (bicyclic) bond motifs is 5. The van der Waals surface area contributed by atoms with E-state index in [-0.39, 0.29) is 0 Å². The maximum atomic E-state index is 2.40. The molecule has 2 bridgehead atoms. The lowest BCUT2D eigenvalue weighted by Crippen LogP contribution is -2.23. The summed E-state index contributed by atoms with van der Waals surface area (Å²) < 4.78 is 0. The van der Waals surface area contributed by atoms with Gasteiger partial charge in [-0.2, -0.15) is 0 Å². The predicted octanol–water partition coefficient (Wildman–Crippen LogP) is 4.89. The van der Waals surface area contributed by atoms with Crippen LogP contribution in [-0.2, 0) is 0 Å². The van der Waals surface area contributed by atoms with Crippen LogP contribution in [0.1, 0.15) is 65.7 Å². The zero-order valence-electron chi connectivity index (χ0n) is 10.8. The van der Waals surface area contributed by atoms with Crippen LogP contribution in [0.25, 0.3) is 0 Å². The molecule has 3 aliphatic rings. The molecular formula is C15H28. The first-order chi connectivity index (χ1) is 7.31. The Bertz CT molecular complexity index is 194. The Kier molecular flexibility index (Phi) is 3.74. The molecule has 0 spiro atoms. The zero-order chi connectivity index (χ0) is 10.8. The van der Waals surface area contributed by atoms with Crippen molar-refractivity contribution >= 4 is 0 Å². The first kappa shape index (κ1) is 11.5. The van der Waals surface area contributed by atoms with E-state index in [1.54, 1.807) is 32.1 Å². The molecule has 0 amide bonds. The van der Waals surface area contributed by atoms with Crippen LogP contribution >= 0.6 is 0 Å². The Morgan fingerprint density at radius 2 is 1.53 bits per heavy atom. The van der Waals surface area contributed by atoms with Crippen molar-refractivity contribution in [2.45, 2.75) is 65.7 Å². The molecular weight excluding hydrogens is 180 g/mol. The smallest absolute Gasteiger partial charge is 0.0352 e. The molecule has 0 aromatic rings. The Morgan fingerprint density at radius 3 is 2.20 bits per heavy atom. The van der Waals surface area contributed by atoms with Gasteiger partial charge in [-0.1, -0.05) is 40.0 Å². The van der Waals surface area contributed by atoms with Gasteiger partial charge in [-0.05, 0) is 55.3 Å². The van der Waals surface area contributed by atoms with Gasteiger partial charge in [0, 0.05) is 0 Å². The van der Waals surface area contributed by atoms with Gasteiger partial charge in [0.15, 0.2) is 0 Å². The van der Waals surface area contributed by atoms with Crippen molar-refractivity contribution in [3.8, 4) is 0 Å². The van der Waals surface area contributed by atoms with Crippen molar-refractivity contribution in [2.24, 2.45) is 29.6 Å². The largest absolute Gasteiger partial charge is 0.0656 e. The van der Waals surface area contributed by atoms with Crippen LogP contribution in [0, 0.1) is 29.6 Å². The number of hydrogen-bond donors (Lipinski definition) is 0. The van der Waals surface area contributed by atoms with Gasteiger partial charge in [-0.15, -0.1) is 0 Å². The van der Waals surface area contributed by atoms with Crippen LogP contribution in [-0.4, -0.2) is 0 Å². The van der Waals surface area contributed by atoms with E-state index < -0.39 is 0 Å². The molecule has 0 N–H and O–H groups in total. The molecule has 0 heteroatoms. The van der Waals surface area contributed by atoms with Crippen molar-refractivity contribution < 1.29 is 0 Å². The highest BCUT2D eigenvalue weighted by Gasteiger charge is 2.52. The lowest BCUT2D eigenvalue weighted by atomic mass is 9.75. The molecule has 3 fully saturated rings. The highest BCUT2D eigenvalue weighted by atomic mass is 14.6. The van der Waals surface area contributed by atoms with E-state index in [9.17, 15) is 0 Å². The fraction of sp³-hybridized carbons (Fsp3) is 1.00. The molecule has 3 aliphatic carbocycles. The minimum atomic E-state index is 1.13. The molecule has 0 nitrogen and oxygen atoms in total. The Balaban J connectivity index is 0.000000258. The molecule has 3 saturated carbocycles. The fourth-order valence-corrected chi connectivity index (χ4v) is 4.68. The molecule has 88 valence electrons. The molecule has 15 heavy (non-hydrogen) atoms. The molecule has 0 aliphatic heterocycles. The van der Waals surface area contributed by atoms with Gasteiger partial charge in [-0.25, -0.2) is 0 Å². The Morgan fingerprint density at radius 1 is 0.867 bits per heavy atom. The van der Waals surface area contributed by atoms with E-state index in [1.165, 1.54) is 36.5 Å². The molecule has 0 saturated heterocycles. The van der Waals surface area contributed by atoms with E-state index in [0.717, 1.165) is 5.92 Å². The van der Waals surface area contributed by atoms with Gasteiger partial charge in [0.25, 0.3) is 0 Å². The second-order valence-corrected chi connectivity index (χ2v) is 6.03. The first-order valence-electron chi connectivity index (χ1n) is 7.31. The normalized spacial score (nSPS) is 46.2. The molecule has 0 aromatic carbocycles. The average Bonchev–Trinajstić information content (AvgIpc) is 2.90. The first-order valence-corrected chi connectivity index (χ1v) is 7.31. The molecule has 0 aromatic heterocycles. The van der Waals surface area contributed by atoms with Crippen LogP contribution in [0.5, 0.6) is 0 Å². The van der Waals surface area contributed by atoms with Crippen LogP contribution in [0.4, 0.5) is 0 Å². The molecule has 5 atom stereocenters. The summed E-state index contributed by atoms with van der Waals surface area (Å²) in [4.78, 5) is 0. The highest BCUT2D eigenvalue weighted by Crippen LogP contribution is 2.61. The summed E-state index contributed by atoms with van der Waals surface area (Å²) in [7, 11) is 0. The van der Waals surface area contributed by atoms with Crippen LogP contribution in [0.3, 0.4) is 0 Å². The van der Waals surface area contributed by atoms with E-state index in [2.05, 4.69) is 20.8 Å². The SMILES string of the molecule is CCC.CCC1CC2CC1C1CCCC21. The van der Waals surface area contributed by atoms with Crippen molar-refractivity contribution in [2.75, 3.05) is 0 Å². The lowest BCUT2D eigenvalue weighted by Gasteiger charge is -2.30. The predicted molar refractivity (Wildman–Crippen MR) is 66.8 cm³/mol. The van der Waals surface area contributed by atoms with E-state index in [0.29, 0.717) is 0 Å². The zero-order valence-corrected chi connectivity index (χ0v) is 10.8. The molecule has 5 unspecified atom stereocenters. The molecule has 0 heterocycles. The second-order valence-electron chi connectivity index (χ2n) is 6.03. The van der Waals surface area contributed by atoms with Crippen molar-refractivity contribution in [1.29, 1.82) is 0 Å². The minimum absolute atomic E-state index is 1.13. The van der Waals surface area contributed by atoms with Gasteiger partial charge >= 0.3 is 0 Å². The standard InChI is InChI=1S/C12H20.C3H8/c1-2-8-6-9-7-12(8)11-5-3-4-10(9)11;1-3-2/h8-12H,2-7H2,1H3;3H2,1-2H3. The van der Waals surface area contributed by atoms with E-state index in [4.69, 9.17) is 0 Å². The maximum Gasteiger partial charge on any atom is -0.0352 e. The summed E-state index contributed by atoms with van der Waals surface area (Å²) in [6.07, 6.45) is 10.7. The minimum Gasteiger partial charge on any atom is -0.0656 e. The van der Waals surface area contributed by atoms with Crippen molar-refractivity contribution in [3.05, 3.63) is 0 Å². The maximum absolute atomic E-state index is 2.40. The van der Waals surface area contributed by atoms with Gasteiger partial charge in [0.2, 0.25) is 0 Å². The Labute approximate surface area is 95.8 Å². The summed E-state index contributed by atoms with van der Waals surface area (Å²) in [5.41, 5.74) is 0. The fourth-order valence-electron chi connectivity index (χ4n) is 4.68. The van der Waals surface area contributed by atoms with Gasteiger partial charge in [-0.3, -0.25) is 0 Å². The second kappa shape index (κ2) is 4.89. The van der Waals surface area contributed by atoms with E-state index in [1.807, 2.05) is 0 Å². The molecule has 3 rings (SSSR count). The third kappa shape index (κ3) is 1.97. The lowest BCUT2D eigenvalue weighted by molar-refractivity contribution is 0.185. The average molecular weight is 208 g/mol. The quantitative estimate of drug-likeness (QED) is 0.576. The van der Waals surface area contributed by atoms with Gasteiger partial charge in [0.05, 0.1) is 0 Å². The van der Waals surface area contributed by atoms with Crippen LogP contribution in [0.15, 0.2) is 0 Å². The number of rotatable bonds is 1. The van der Waals surface area contributed by atoms with Crippen molar-refractivity contribution in [1.82, 2.24) is 0 Å². The summed E-state index contributed by atoms with van der Waals surface area (Å²) in [5, 5.41) is 0.